The van der Waals surface area contributed by atoms with Gasteiger partial charge in [0.05, 0.1) is 12.6 Å². The number of fused-ring (bicyclic) bond motifs is 6. The minimum Gasteiger partial charge on any atom is -0.493 e. The summed E-state index contributed by atoms with van der Waals surface area (Å²) in [7, 11) is 1.72. The molecule has 0 spiro atoms. The number of aryl methyl sites for hydroxylation is 1. The quantitative estimate of drug-likeness (QED) is 0.402. The molecule has 4 aromatic rings. The molecule has 2 aliphatic rings. The number of ether oxygens (including phenoxy) is 2. The summed E-state index contributed by atoms with van der Waals surface area (Å²) in [5.74, 6) is 1.60. The fourth-order valence-corrected chi connectivity index (χ4v) is 5.81. The molecule has 1 N–H and O–H groups in total. The van der Waals surface area contributed by atoms with Crippen LogP contribution in [0.3, 0.4) is 0 Å². The Morgan fingerprint density at radius 1 is 1.03 bits per heavy atom. The second-order valence-electron chi connectivity index (χ2n) is 9.43. The van der Waals surface area contributed by atoms with E-state index in [9.17, 15) is 5.11 Å². The van der Waals surface area contributed by atoms with Gasteiger partial charge in [-0.05, 0) is 60.2 Å². The van der Waals surface area contributed by atoms with Crippen molar-refractivity contribution < 1.29 is 14.6 Å². The zero-order valence-corrected chi connectivity index (χ0v) is 19.8. The molecular weight excluding hydrogens is 436 g/mol. The van der Waals surface area contributed by atoms with E-state index >= 15 is 0 Å². The highest BCUT2D eigenvalue weighted by atomic mass is 16.5. The van der Waals surface area contributed by atoms with Crippen LogP contribution in [-0.2, 0) is 32.7 Å². The topological polar surface area (TPSA) is 46.9 Å². The lowest BCUT2D eigenvalue weighted by Gasteiger charge is -2.41. The number of rotatable bonds is 5. The first-order valence-electron chi connectivity index (χ1n) is 12.0. The third-order valence-corrected chi connectivity index (χ3v) is 7.46. The maximum Gasteiger partial charge on any atom is 0.162 e. The fraction of sp³-hybridized carbons (Fsp3) is 0.333. The molecule has 0 bridgehead atoms. The van der Waals surface area contributed by atoms with Crippen LogP contribution in [0.1, 0.15) is 47.0 Å². The van der Waals surface area contributed by atoms with Crippen LogP contribution in [0.2, 0.25) is 0 Å². The summed E-state index contributed by atoms with van der Waals surface area (Å²) in [6.07, 6.45) is 1.91. The second-order valence-corrected chi connectivity index (χ2v) is 9.43. The van der Waals surface area contributed by atoms with Crippen LogP contribution in [0, 0.1) is 6.92 Å². The zero-order valence-electron chi connectivity index (χ0n) is 19.8. The van der Waals surface area contributed by atoms with E-state index in [1.165, 1.54) is 33.3 Å². The lowest BCUT2D eigenvalue weighted by molar-refractivity contribution is 0.145. The van der Waals surface area contributed by atoms with Gasteiger partial charge in [0.1, 0.15) is 13.3 Å². The average Bonchev–Trinajstić information content (AvgIpc) is 3.18. The van der Waals surface area contributed by atoms with E-state index in [-0.39, 0.29) is 14.2 Å². The maximum atomic E-state index is 10.1. The number of aliphatic hydroxyl groups excluding tert-OH is 1. The van der Waals surface area contributed by atoms with Crippen molar-refractivity contribution in [1.82, 2.24) is 9.47 Å². The van der Waals surface area contributed by atoms with Crippen LogP contribution in [-0.4, -0.2) is 28.2 Å². The van der Waals surface area contributed by atoms with Gasteiger partial charge in [0.2, 0.25) is 0 Å². The molecule has 0 amide bonds. The summed E-state index contributed by atoms with van der Waals surface area (Å²) in [6, 6.07) is 21.5. The molecule has 1 aromatic heterocycles. The molecule has 0 saturated carbocycles. The van der Waals surface area contributed by atoms with E-state index in [1.54, 1.807) is 7.11 Å². The lowest BCUT2D eigenvalue weighted by Crippen LogP contribution is -2.39. The fourth-order valence-electron chi connectivity index (χ4n) is 5.81. The van der Waals surface area contributed by atoms with Crippen LogP contribution in [0.4, 0.5) is 0 Å². The summed E-state index contributed by atoms with van der Waals surface area (Å²) in [5.41, 5.74) is 8.78. The van der Waals surface area contributed by atoms with Crippen molar-refractivity contribution in [3.8, 4) is 11.5 Å². The second kappa shape index (κ2) is 9.40. The minimum atomic E-state index is 0. The number of aromatic nitrogens is 1. The van der Waals surface area contributed by atoms with Crippen molar-refractivity contribution >= 4 is 10.9 Å². The van der Waals surface area contributed by atoms with Crippen LogP contribution in [0.25, 0.3) is 10.9 Å². The molecule has 35 heavy (non-hydrogen) atoms. The van der Waals surface area contributed by atoms with Gasteiger partial charge in [0.15, 0.2) is 11.5 Å². The normalized spacial score (nSPS) is 16.7. The van der Waals surface area contributed by atoms with Crippen molar-refractivity contribution in [2.45, 2.75) is 53.1 Å². The van der Waals surface area contributed by atoms with Gasteiger partial charge in [-0.15, -0.1) is 0 Å². The summed E-state index contributed by atoms with van der Waals surface area (Å²) in [4.78, 5) is 2.55. The number of nitrogens with zero attached hydrogens (tertiary/aromatic N) is 2. The molecule has 0 radical (unpaired) electrons. The van der Waals surface area contributed by atoms with Crippen molar-refractivity contribution in [2.24, 2.45) is 0 Å². The molecule has 1 atom stereocenters. The Bertz CT molecular complexity index is 1370. The van der Waals surface area contributed by atoms with Gasteiger partial charge < -0.3 is 19.1 Å². The standard InChI is InChI=1S/C29H30N2O3.CH4/c1-19-6-5-7-20(12-19)17-34-29-15-23-21(13-28(29)33-2)10-11-30-16-27-24(14-26(23)30)22-8-3-4-9-25(22)31(27)18-32;/h3-9,12-13,15,26,32H,10-11,14,16-18H2,1-2H3;1H4. The summed E-state index contributed by atoms with van der Waals surface area (Å²) in [6.45, 7) is 4.47. The SMILES string of the molecule is C.COc1cc2c(cc1OCc1cccc(C)c1)C1Cc3c(n(CO)c4ccccc34)CN1CC2. The predicted molar refractivity (Wildman–Crippen MR) is 140 cm³/mol. The van der Waals surface area contributed by atoms with Crippen molar-refractivity contribution in [3.05, 3.63) is 94.2 Å². The number of methoxy groups -OCH3 is 1. The first kappa shape index (κ1) is 23.5. The maximum absolute atomic E-state index is 10.1. The molecule has 3 heterocycles. The molecule has 2 aliphatic heterocycles. The van der Waals surface area contributed by atoms with Crippen molar-refractivity contribution in [3.63, 3.8) is 0 Å². The van der Waals surface area contributed by atoms with E-state index in [2.05, 4.69) is 71.0 Å². The van der Waals surface area contributed by atoms with E-state index in [0.29, 0.717) is 12.6 Å². The number of hydrogen-bond donors (Lipinski definition) is 1. The van der Waals surface area contributed by atoms with Crippen molar-refractivity contribution in [1.29, 1.82) is 0 Å². The first-order valence-corrected chi connectivity index (χ1v) is 12.0. The van der Waals surface area contributed by atoms with E-state index in [4.69, 9.17) is 9.47 Å². The van der Waals surface area contributed by atoms with Gasteiger partial charge in [-0.25, -0.2) is 0 Å². The molecule has 182 valence electrons. The minimum absolute atomic E-state index is 0. The van der Waals surface area contributed by atoms with Gasteiger partial charge >= 0.3 is 0 Å². The number of hydrogen-bond acceptors (Lipinski definition) is 4. The zero-order chi connectivity index (χ0) is 23.2. The molecule has 0 saturated heterocycles. The number of aliphatic hydroxyl groups is 1. The molecule has 0 aliphatic carbocycles. The van der Waals surface area contributed by atoms with Crippen LogP contribution in [0.15, 0.2) is 60.7 Å². The third-order valence-electron chi connectivity index (χ3n) is 7.46. The Hall–Kier alpha value is -3.28. The Labute approximate surface area is 207 Å². The Morgan fingerprint density at radius 3 is 2.69 bits per heavy atom. The molecule has 1 unspecified atom stereocenters. The molecule has 3 aromatic carbocycles. The molecular formula is C30H34N2O3. The van der Waals surface area contributed by atoms with Gasteiger partial charge in [0.25, 0.3) is 0 Å². The van der Waals surface area contributed by atoms with Crippen LogP contribution >= 0.6 is 0 Å². The van der Waals surface area contributed by atoms with Crippen LogP contribution in [0.5, 0.6) is 11.5 Å². The van der Waals surface area contributed by atoms with E-state index in [0.717, 1.165) is 48.5 Å². The highest BCUT2D eigenvalue weighted by molar-refractivity contribution is 5.86. The van der Waals surface area contributed by atoms with E-state index in [1.807, 2.05) is 6.07 Å². The lowest BCUT2D eigenvalue weighted by atomic mass is 9.85. The summed E-state index contributed by atoms with van der Waals surface area (Å²) >= 11 is 0. The van der Waals surface area contributed by atoms with Gasteiger partial charge in [0, 0.05) is 30.2 Å². The number of benzene rings is 3. The van der Waals surface area contributed by atoms with Gasteiger partial charge in [-0.1, -0.05) is 55.5 Å². The van der Waals surface area contributed by atoms with Crippen molar-refractivity contribution in [2.75, 3.05) is 13.7 Å². The molecule has 6 rings (SSSR count). The first-order chi connectivity index (χ1) is 16.7. The molecule has 5 heteroatoms. The largest absolute Gasteiger partial charge is 0.493 e. The number of para-hydroxylation sites is 1. The molecule has 0 fully saturated rings. The Kier molecular flexibility index (Phi) is 6.30. The summed E-state index contributed by atoms with van der Waals surface area (Å²) < 4.78 is 14.1. The highest BCUT2D eigenvalue weighted by Crippen LogP contribution is 2.44. The summed E-state index contributed by atoms with van der Waals surface area (Å²) in [5, 5.41) is 11.4. The Balaban J connectivity index is 0.00000253. The Morgan fingerprint density at radius 2 is 1.89 bits per heavy atom. The third kappa shape index (κ3) is 3.99. The monoisotopic (exact) mass is 470 g/mol. The average molecular weight is 471 g/mol. The molecule has 5 nitrogen and oxygen atoms in total. The highest BCUT2D eigenvalue weighted by Gasteiger charge is 2.35. The predicted octanol–water partition coefficient (Wildman–Crippen LogP) is 5.78. The van der Waals surface area contributed by atoms with Gasteiger partial charge in [-0.2, -0.15) is 0 Å². The smallest absolute Gasteiger partial charge is 0.162 e. The van der Waals surface area contributed by atoms with Crippen LogP contribution < -0.4 is 9.47 Å². The van der Waals surface area contributed by atoms with Gasteiger partial charge in [-0.3, -0.25) is 4.90 Å². The van der Waals surface area contributed by atoms with E-state index < -0.39 is 0 Å².